The molecule has 2 heterocycles. The Morgan fingerprint density at radius 1 is 1.45 bits per heavy atom. The molecule has 0 spiro atoms. The minimum absolute atomic E-state index is 0.157. The fourth-order valence-corrected chi connectivity index (χ4v) is 2.04. The molecule has 106 valence electrons. The summed E-state index contributed by atoms with van der Waals surface area (Å²) >= 11 is 0. The van der Waals surface area contributed by atoms with Crippen molar-refractivity contribution in [1.82, 2.24) is 15.2 Å². The maximum Gasteiger partial charge on any atom is 0.258 e. The van der Waals surface area contributed by atoms with Gasteiger partial charge in [0, 0.05) is 25.1 Å². The zero-order chi connectivity index (χ0) is 14.9. The lowest BCUT2D eigenvalue weighted by atomic mass is 9.97. The first kappa shape index (κ1) is 14.0. The van der Waals surface area contributed by atoms with E-state index in [0.717, 1.165) is 0 Å². The maximum absolute atomic E-state index is 12.6. The molecular weight excluding hydrogens is 260 g/mol. The molecular formula is C13H16N4O3. The van der Waals surface area contributed by atoms with Gasteiger partial charge in [-0.2, -0.15) is 0 Å². The predicted octanol–water partition coefficient (Wildman–Crippen LogP) is 0.000500. The molecule has 0 saturated carbocycles. The molecule has 0 unspecified atom stereocenters. The third kappa shape index (κ3) is 2.22. The van der Waals surface area contributed by atoms with Crippen molar-refractivity contribution in [2.45, 2.75) is 19.4 Å². The fraction of sp³-hybridized carbons (Fsp3) is 0.385. The number of nitrogens with one attached hydrogen (secondary N) is 2. The van der Waals surface area contributed by atoms with Crippen molar-refractivity contribution in [3.8, 4) is 0 Å². The Bertz CT molecular complexity index is 583. The molecule has 1 aliphatic rings. The van der Waals surface area contributed by atoms with Gasteiger partial charge in [0.15, 0.2) is 0 Å². The largest absolute Gasteiger partial charge is 0.387 e. The number of aromatic nitrogens is 1. The van der Waals surface area contributed by atoms with Gasteiger partial charge < -0.3 is 10.2 Å². The van der Waals surface area contributed by atoms with Crippen LogP contribution in [0.1, 0.15) is 24.2 Å². The minimum Gasteiger partial charge on any atom is -0.387 e. The Morgan fingerprint density at radius 3 is 2.80 bits per heavy atom. The van der Waals surface area contributed by atoms with Crippen molar-refractivity contribution >= 4 is 23.4 Å². The number of nitrogens with zero attached hydrogens (tertiary/aromatic N) is 2. The van der Waals surface area contributed by atoms with Gasteiger partial charge in [0.25, 0.3) is 11.8 Å². The molecule has 1 aromatic rings. The Kier molecular flexibility index (Phi) is 3.44. The van der Waals surface area contributed by atoms with E-state index < -0.39 is 23.3 Å². The molecule has 3 amide bonds. The van der Waals surface area contributed by atoms with Crippen molar-refractivity contribution in [3.63, 3.8) is 0 Å². The van der Waals surface area contributed by atoms with Gasteiger partial charge in [-0.3, -0.25) is 24.7 Å². The second-order valence-corrected chi connectivity index (χ2v) is 5.00. The molecule has 0 radical (unpaired) electrons. The molecule has 0 atom stereocenters. The molecule has 7 nitrogen and oxygen atoms in total. The van der Waals surface area contributed by atoms with Crippen LogP contribution in [-0.4, -0.2) is 46.7 Å². The van der Waals surface area contributed by atoms with Gasteiger partial charge in [0.2, 0.25) is 5.91 Å². The lowest BCUT2D eigenvalue weighted by Gasteiger charge is -2.40. The van der Waals surface area contributed by atoms with Gasteiger partial charge >= 0.3 is 0 Å². The Labute approximate surface area is 116 Å². The summed E-state index contributed by atoms with van der Waals surface area (Å²) in [5, 5.41) is 5.12. The summed E-state index contributed by atoms with van der Waals surface area (Å²) in [4.78, 5) is 41.2. The van der Waals surface area contributed by atoms with E-state index in [1.165, 1.54) is 11.1 Å². The van der Waals surface area contributed by atoms with Crippen molar-refractivity contribution in [3.05, 3.63) is 24.0 Å². The first-order valence-corrected chi connectivity index (χ1v) is 6.16. The highest BCUT2D eigenvalue weighted by molar-refractivity contribution is 6.10. The number of hydrogen-bond donors (Lipinski definition) is 2. The highest BCUT2D eigenvalue weighted by Crippen LogP contribution is 2.23. The van der Waals surface area contributed by atoms with Gasteiger partial charge in [-0.25, -0.2) is 0 Å². The number of anilines is 1. The number of piperazine rings is 1. The molecule has 20 heavy (non-hydrogen) atoms. The number of carbonyl (C=O) groups is 3. The lowest BCUT2D eigenvalue weighted by molar-refractivity contribution is -0.143. The third-order valence-electron chi connectivity index (χ3n) is 3.35. The summed E-state index contributed by atoms with van der Waals surface area (Å²) in [5.74, 6) is -1.38. The van der Waals surface area contributed by atoms with E-state index in [0.29, 0.717) is 11.3 Å². The van der Waals surface area contributed by atoms with Crippen molar-refractivity contribution in [2.24, 2.45) is 0 Å². The topological polar surface area (TPSA) is 91.4 Å². The average Bonchev–Trinajstić information content (AvgIpc) is 2.42. The summed E-state index contributed by atoms with van der Waals surface area (Å²) < 4.78 is 0. The van der Waals surface area contributed by atoms with Gasteiger partial charge in [0.05, 0.1) is 5.56 Å². The summed E-state index contributed by atoms with van der Waals surface area (Å²) in [6.07, 6.45) is 2.98. The molecule has 2 N–H and O–H groups in total. The van der Waals surface area contributed by atoms with Crippen LogP contribution in [0.3, 0.4) is 0 Å². The van der Waals surface area contributed by atoms with Gasteiger partial charge in [-0.05, 0) is 19.9 Å². The van der Waals surface area contributed by atoms with Gasteiger partial charge in [0.1, 0.15) is 12.1 Å². The van der Waals surface area contributed by atoms with E-state index in [1.54, 1.807) is 33.2 Å². The van der Waals surface area contributed by atoms with E-state index >= 15 is 0 Å². The normalized spacial score (nSPS) is 17.6. The molecule has 1 aliphatic heterocycles. The number of hydrogen-bond acceptors (Lipinski definition) is 5. The van der Waals surface area contributed by atoms with Crippen molar-refractivity contribution < 1.29 is 14.4 Å². The molecule has 0 aliphatic carbocycles. The van der Waals surface area contributed by atoms with E-state index in [-0.39, 0.29) is 6.54 Å². The Morgan fingerprint density at radius 2 is 2.15 bits per heavy atom. The molecule has 1 aromatic heterocycles. The monoisotopic (exact) mass is 276 g/mol. The molecule has 1 saturated heterocycles. The van der Waals surface area contributed by atoms with Crippen molar-refractivity contribution in [2.75, 3.05) is 18.9 Å². The molecule has 7 heteroatoms. The predicted molar refractivity (Wildman–Crippen MR) is 72.0 cm³/mol. The number of pyridine rings is 1. The van der Waals surface area contributed by atoms with Crippen molar-refractivity contribution in [1.29, 1.82) is 0 Å². The second kappa shape index (κ2) is 4.92. The number of rotatable bonds is 2. The van der Waals surface area contributed by atoms with E-state index in [1.807, 2.05) is 0 Å². The molecule has 0 bridgehead atoms. The highest BCUT2D eigenvalue weighted by atomic mass is 16.2. The highest BCUT2D eigenvalue weighted by Gasteiger charge is 2.44. The van der Waals surface area contributed by atoms with Crippen LogP contribution in [0.25, 0.3) is 0 Å². The van der Waals surface area contributed by atoms with E-state index in [9.17, 15) is 14.4 Å². The van der Waals surface area contributed by atoms with Crippen LogP contribution in [0.5, 0.6) is 0 Å². The summed E-state index contributed by atoms with van der Waals surface area (Å²) in [5.41, 5.74) is -0.170. The van der Waals surface area contributed by atoms with Gasteiger partial charge in [-0.15, -0.1) is 0 Å². The molecule has 2 rings (SSSR count). The van der Waals surface area contributed by atoms with Crippen LogP contribution in [0.15, 0.2) is 18.5 Å². The third-order valence-corrected chi connectivity index (χ3v) is 3.35. The number of carbonyl (C=O) groups excluding carboxylic acids is 3. The number of imide groups is 1. The van der Waals surface area contributed by atoms with Gasteiger partial charge in [-0.1, -0.05) is 0 Å². The Balaban J connectivity index is 2.41. The van der Waals surface area contributed by atoms with Crippen LogP contribution in [0.4, 0.5) is 5.69 Å². The summed E-state index contributed by atoms with van der Waals surface area (Å²) in [6, 6.07) is 1.66. The van der Waals surface area contributed by atoms with Crippen LogP contribution >= 0.6 is 0 Å². The quantitative estimate of drug-likeness (QED) is 0.742. The minimum atomic E-state index is -1.09. The first-order valence-electron chi connectivity index (χ1n) is 6.16. The van der Waals surface area contributed by atoms with E-state index in [4.69, 9.17) is 0 Å². The smallest absolute Gasteiger partial charge is 0.258 e. The fourth-order valence-electron chi connectivity index (χ4n) is 2.04. The molecule has 1 fully saturated rings. The molecule has 0 aromatic carbocycles. The first-order chi connectivity index (χ1) is 9.37. The van der Waals surface area contributed by atoms with Crippen LogP contribution in [0.2, 0.25) is 0 Å². The standard InChI is InChI=1S/C13H16N4O3/c1-13(2)12(20)16-10(18)7-17(13)11(19)8-6-15-5-4-9(8)14-3/h4-6H,7H2,1-3H3,(H,14,15)(H,16,18,20). The average molecular weight is 276 g/mol. The zero-order valence-electron chi connectivity index (χ0n) is 11.6. The number of amides is 3. The summed E-state index contributed by atoms with van der Waals surface area (Å²) in [6.45, 7) is 3.04. The Hall–Kier alpha value is -2.44. The second-order valence-electron chi connectivity index (χ2n) is 5.00. The lowest BCUT2D eigenvalue weighted by Crippen LogP contribution is -2.65. The maximum atomic E-state index is 12.6. The SMILES string of the molecule is CNc1ccncc1C(=O)N1CC(=O)NC(=O)C1(C)C. The summed E-state index contributed by atoms with van der Waals surface area (Å²) in [7, 11) is 1.69. The van der Waals surface area contributed by atoms with Crippen LogP contribution in [0, 0.1) is 0 Å². The van der Waals surface area contributed by atoms with Crippen LogP contribution < -0.4 is 10.6 Å². The van der Waals surface area contributed by atoms with Crippen LogP contribution in [-0.2, 0) is 9.59 Å². The van der Waals surface area contributed by atoms with E-state index in [2.05, 4.69) is 15.6 Å². The zero-order valence-corrected chi connectivity index (χ0v) is 11.6.